The van der Waals surface area contributed by atoms with E-state index in [-0.39, 0.29) is 17.6 Å². The molecule has 0 aliphatic carbocycles. The largest absolute Gasteiger partial charge is 0.339 e. The van der Waals surface area contributed by atoms with Crippen LogP contribution in [0.2, 0.25) is 0 Å². The monoisotopic (exact) mass is 497 g/mol. The first-order chi connectivity index (χ1) is 16.6. The molecule has 0 spiro atoms. The maximum Gasteiger partial charge on any atom is 0.264 e. The van der Waals surface area contributed by atoms with Gasteiger partial charge in [0.25, 0.3) is 5.91 Å². The van der Waals surface area contributed by atoms with Crippen molar-refractivity contribution in [3.05, 3.63) is 88.4 Å². The number of halogens is 1. The van der Waals surface area contributed by atoms with Gasteiger partial charge in [0, 0.05) is 50.7 Å². The van der Waals surface area contributed by atoms with Crippen molar-refractivity contribution in [2.45, 2.75) is 11.4 Å². The average molecular weight is 498 g/mol. The van der Waals surface area contributed by atoms with Crippen LogP contribution in [0.5, 0.6) is 0 Å². The minimum Gasteiger partial charge on any atom is -0.339 e. The molecular weight excluding hydrogens is 469 g/mol. The van der Waals surface area contributed by atoms with Crippen LogP contribution in [0.1, 0.15) is 15.2 Å². The third-order valence-corrected chi connectivity index (χ3v) is 7.68. The van der Waals surface area contributed by atoms with Gasteiger partial charge < -0.3 is 9.80 Å². The molecule has 4 rings (SSSR count). The standard InChI is InChI=1S/C26H28FN3O2S2/c27-22-10-8-21(9-11-22)19-30(26(32)24-7-4-18-33-24)17-14-28-12-15-29(16-13-28)25(31)20-34-23-5-2-1-3-6-23/h1-11,18H,12-17,19-20H2. The van der Waals surface area contributed by atoms with Gasteiger partial charge in [0.1, 0.15) is 5.82 Å². The molecule has 1 aromatic heterocycles. The van der Waals surface area contributed by atoms with E-state index >= 15 is 0 Å². The third-order valence-electron chi connectivity index (χ3n) is 5.82. The van der Waals surface area contributed by atoms with Gasteiger partial charge in [-0.3, -0.25) is 14.5 Å². The van der Waals surface area contributed by atoms with Crippen molar-refractivity contribution in [2.75, 3.05) is 45.0 Å². The molecule has 2 amide bonds. The fourth-order valence-corrected chi connectivity index (χ4v) is 5.37. The van der Waals surface area contributed by atoms with Crippen molar-refractivity contribution in [3.63, 3.8) is 0 Å². The quantitative estimate of drug-likeness (QED) is 0.410. The first-order valence-corrected chi connectivity index (χ1v) is 13.2. The summed E-state index contributed by atoms with van der Waals surface area (Å²) in [4.78, 5) is 33.5. The Kier molecular flexibility index (Phi) is 8.73. The van der Waals surface area contributed by atoms with E-state index in [9.17, 15) is 14.0 Å². The lowest BCUT2D eigenvalue weighted by atomic mass is 10.2. The molecule has 1 fully saturated rings. The molecule has 178 valence electrons. The Morgan fingerprint density at radius 3 is 2.35 bits per heavy atom. The Balaban J connectivity index is 1.27. The maximum absolute atomic E-state index is 13.3. The average Bonchev–Trinajstić information content (AvgIpc) is 3.42. The van der Waals surface area contributed by atoms with Crippen molar-refractivity contribution in [1.82, 2.24) is 14.7 Å². The van der Waals surface area contributed by atoms with Crippen LogP contribution in [0.4, 0.5) is 4.39 Å². The summed E-state index contributed by atoms with van der Waals surface area (Å²) < 4.78 is 13.3. The number of amides is 2. The first-order valence-electron chi connectivity index (χ1n) is 11.3. The van der Waals surface area contributed by atoms with Gasteiger partial charge in [0.15, 0.2) is 0 Å². The maximum atomic E-state index is 13.3. The van der Waals surface area contributed by atoms with Crippen molar-refractivity contribution in [2.24, 2.45) is 0 Å². The van der Waals surface area contributed by atoms with Crippen LogP contribution >= 0.6 is 23.1 Å². The highest BCUT2D eigenvalue weighted by Crippen LogP contribution is 2.18. The zero-order chi connectivity index (χ0) is 23.8. The number of carbonyl (C=O) groups is 2. The topological polar surface area (TPSA) is 43.9 Å². The van der Waals surface area contributed by atoms with Crippen molar-refractivity contribution >= 4 is 34.9 Å². The number of carbonyl (C=O) groups excluding carboxylic acids is 2. The van der Waals surface area contributed by atoms with E-state index in [4.69, 9.17) is 0 Å². The van der Waals surface area contributed by atoms with Crippen LogP contribution < -0.4 is 0 Å². The Morgan fingerprint density at radius 1 is 0.941 bits per heavy atom. The van der Waals surface area contributed by atoms with E-state index in [1.165, 1.54) is 23.5 Å². The van der Waals surface area contributed by atoms with Gasteiger partial charge in [-0.25, -0.2) is 4.39 Å². The lowest BCUT2D eigenvalue weighted by Gasteiger charge is -2.36. The molecule has 1 aliphatic heterocycles. The summed E-state index contributed by atoms with van der Waals surface area (Å²) in [6.07, 6.45) is 0. The molecular formula is C26H28FN3O2S2. The smallest absolute Gasteiger partial charge is 0.264 e. The molecule has 1 aliphatic rings. The summed E-state index contributed by atoms with van der Waals surface area (Å²) >= 11 is 3.00. The second-order valence-corrected chi connectivity index (χ2v) is 10.2. The highest BCUT2D eigenvalue weighted by atomic mass is 32.2. The highest BCUT2D eigenvalue weighted by molar-refractivity contribution is 8.00. The van der Waals surface area contributed by atoms with Gasteiger partial charge in [-0.2, -0.15) is 0 Å². The molecule has 8 heteroatoms. The number of hydrogen-bond donors (Lipinski definition) is 0. The van der Waals surface area contributed by atoms with Gasteiger partial charge in [-0.1, -0.05) is 36.4 Å². The molecule has 1 saturated heterocycles. The number of thiophene rings is 1. The fraction of sp³-hybridized carbons (Fsp3) is 0.308. The third kappa shape index (κ3) is 6.91. The van der Waals surface area contributed by atoms with E-state index in [2.05, 4.69) is 4.90 Å². The van der Waals surface area contributed by atoms with Gasteiger partial charge >= 0.3 is 0 Å². The second kappa shape index (κ2) is 12.1. The van der Waals surface area contributed by atoms with Crippen LogP contribution in [0.3, 0.4) is 0 Å². The summed E-state index contributed by atoms with van der Waals surface area (Å²) in [7, 11) is 0. The minimum atomic E-state index is -0.283. The van der Waals surface area contributed by atoms with Crippen molar-refractivity contribution in [1.29, 1.82) is 0 Å². The van der Waals surface area contributed by atoms with Crippen molar-refractivity contribution in [3.8, 4) is 0 Å². The molecule has 0 radical (unpaired) electrons. The van der Waals surface area contributed by atoms with E-state index in [0.717, 1.165) is 30.1 Å². The summed E-state index contributed by atoms with van der Waals surface area (Å²) in [6, 6.07) is 20.0. The molecule has 2 aromatic carbocycles. The lowest BCUT2D eigenvalue weighted by Crippen LogP contribution is -2.51. The molecule has 0 unspecified atom stereocenters. The first kappa shape index (κ1) is 24.4. The minimum absolute atomic E-state index is 0.00826. The SMILES string of the molecule is O=C(CSc1ccccc1)N1CCN(CCN(Cc2ccc(F)cc2)C(=O)c2cccs2)CC1. The zero-order valence-corrected chi connectivity index (χ0v) is 20.6. The molecule has 34 heavy (non-hydrogen) atoms. The van der Waals surface area contributed by atoms with Gasteiger partial charge in [-0.05, 0) is 41.3 Å². The number of nitrogens with zero attached hydrogens (tertiary/aromatic N) is 3. The zero-order valence-electron chi connectivity index (χ0n) is 18.9. The Morgan fingerprint density at radius 2 is 1.68 bits per heavy atom. The van der Waals surface area contributed by atoms with Crippen LogP contribution in [0.15, 0.2) is 77.0 Å². The summed E-state index contributed by atoms with van der Waals surface area (Å²) in [6.45, 7) is 4.73. The molecule has 2 heterocycles. The lowest BCUT2D eigenvalue weighted by molar-refractivity contribution is -0.130. The summed E-state index contributed by atoms with van der Waals surface area (Å²) in [5.74, 6) is 0.324. The van der Waals surface area contributed by atoms with E-state index in [0.29, 0.717) is 36.8 Å². The van der Waals surface area contributed by atoms with Crippen LogP contribution in [0.25, 0.3) is 0 Å². The van der Waals surface area contributed by atoms with Gasteiger partial charge in [0.05, 0.1) is 10.6 Å². The molecule has 5 nitrogen and oxygen atoms in total. The second-order valence-electron chi connectivity index (χ2n) is 8.15. The predicted molar refractivity (Wildman–Crippen MR) is 136 cm³/mol. The number of hydrogen-bond acceptors (Lipinski definition) is 5. The summed E-state index contributed by atoms with van der Waals surface area (Å²) in [5.41, 5.74) is 0.901. The van der Waals surface area contributed by atoms with E-state index in [1.54, 1.807) is 23.9 Å². The molecule has 0 N–H and O–H groups in total. The fourth-order valence-electron chi connectivity index (χ4n) is 3.85. The van der Waals surface area contributed by atoms with Gasteiger partial charge in [0.2, 0.25) is 5.91 Å². The Bertz CT molecular complexity index is 1050. The highest BCUT2D eigenvalue weighted by Gasteiger charge is 2.23. The number of thioether (sulfide) groups is 1. The van der Waals surface area contributed by atoms with Gasteiger partial charge in [-0.15, -0.1) is 23.1 Å². The molecule has 0 atom stereocenters. The number of benzene rings is 2. The van der Waals surface area contributed by atoms with Crippen molar-refractivity contribution < 1.29 is 14.0 Å². The van der Waals surface area contributed by atoms with E-state index in [1.807, 2.05) is 57.6 Å². The normalized spacial score (nSPS) is 14.2. The number of rotatable bonds is 9. The van der Waals surface area contributed by atoms with Crippen LogP contribution in [-0.2, 0) is 11.3 Å². The summed E-state index contributed by atoms with van der Waals surface area (Å²) in [5, 5.41) is 1.90. The Hall–Kier alpha value is -2.68. The number of piperazine rings is 1. The van der Waals surface area contributed by atoms with Crippen LogP contribution in [0, 0.1) is 5.82 Å². The molecule has 0 bridgehead atoms. The van der Waals surface area contributed by atoms with E-state index < -0.39 is 0 Å². The van der Waals surface area contributed by atoms with Crippen LogP contribution in [-0.4, -0.2) is 71.5 Å². The molecule has 0 saturated carbocycles. The Labute approximate surface area is 208 Å². The molecule has 3 aromatic rings. The predicted octanol–water partition coefficient (Wildman–Crippen LogP) is 4.47.